The van der Waals surface area contributed by atoms with Gasteiger partial charge in [-0.2, -0.15) is 0 Å². The molecule has 2 rings (SSSR count). The monoisotopic (exact) mass is 224 g/mol. The Labute approximate surface area is 96.0 Å². The van der Waals surface area contributed by atoms with E-state index in [2.05, 4.69) is 10.3 Å². The third-order valence-electron chi connectivity index (χ3n) is 2.98. The van der Waals surface area contributed by atoms with Gasteiger partial charge in [-0.3, -0.25) is 4.68 Å². The van der Waals surface area contributed by atoms with Gasteiger partial charge in [0.25, 0.3) is 0 Å². The molecule has 0 unspecified atom stereocenters. The summed E-state index contributed by atoms with van der Waals surface area (Å²) in [6.07, 6.45) is 4.18. The fourth-order valence-electron chi connectivity index (χ4n) is 1.88. The van der Waals surface area contributed by atoms with Crippen molar-refractivity contribution in [3.05, 3.63) is 11.9 Å². The largest absolute Gasteiger partial charge is 0.381 e. The van der Waals surface area contributed by atoms with Crippen LogP contribution < -0.4 is 5.73 Å². The van der Waals surface area contributed by atoms with Gasteiger partial charge < -0.3 is 10.5 Å². The Kier molecular flexibility index (Phi) is 3.25. The molecule has 0 spiro atoms. The fraction of sp³-hybridized carbons (Fsp3) is 0.818. The Morgan fingerprint density at radius 3 is 2.75 bits per heavy atom. The molecule has 1 aromatic heterocycles. The first-order valence-electron chi connectivity index (χ1n) is 5.83. The first kappa shape index (κ1) is 11.5. The van der Waals surface area contributed by atoms with Crippen LogP contribution in [0.2, 0.25) is 0 Å². The van der Waals surface area contributed by atoms with Gasteiger partial charge in [-0.1, -0.05) is 5.21 Å². The fourth-order valence-corrected chi connectivity index (χ4v) is 1.88. The summed E-state index contributed by atoms with van der Waals surface area (Å²) in [7, 11) is 0. The van der Waals surface area contributed by atoms with Crippen LogP contribution in [0.25, 0.3) is 0 Å². The van der Waals surface area contributed by atoms with Gasteiger partial charge in [0, 0.05) is 19.8 Å². The van der Waals surface area contributed by atoms with Crippen molar-refractivity contribution in [3.8, 4) is 0 Å². The van der Waals surface area contributed by atoms with Crippen LogP contribution in [0.3, 0.4) is 0 Å². The van der Waals surface area contributed by atoms with E-state index in [0.717, 1.165) is 38.3 Å². The predicted molar refractivity (Wildman–Crippen MR) is 60.8 cm³/mol. The van der Waals surface area contributed by atoms with E-state index in [4.69, 9.17) is 10.5 Å². The van der Waals surface area contributed by atoms with Crippen LogP contribution in [-0.4, -0.2) is 28.2 Å². The average Bonchev–Trinajstić information content (AvgIpc) is 2.67. The molecule has 0 aliphatic carbocycles. The molecule has 1 aliphatic rings. The maximum absolute atomic E-state index is 5.97. The molecule has 2 heterocycles. The molecular formula is C11H20N4O. The Balaban J connectivity index is 1.97. The van der Waals surface area contributed by atoms with E-state index in [1.54, 1.807) is 0 Å². The molecule has 0 aromatic carbocycles. The van der Waals surface area contributed by atoms with Crippen molar-refractivity contribution in [1.82, 2.24) is 15.0 Å². The summed E-state index contributed by atoms with van der Waals surface area (Å²) in [5.74, 6) is 0.657. The number of nitrogens with two attached hydrogens (primary N) is 1. The first-order valence-corrected chi connectivity index (χ1v) is 5.83. The molecular weight excluding hydrogens is 204 g/mol. The summed E-state index contributed by atoms with van der Waals surface area (Å²) in [4.78, 5) is 0. The van der Waals surface area contributed by atoms with Crippen LogP contribution in [0.5, 0.6) is 0 Å². The Morgan fingerprint density at radius 2 is 2.19 bits per heavy atom. The Bertz CT molecular complexity index is 336. The topological polar surface area (TPSA) is 66.0 Å². The second-order valence-corrected chi connectivity index (χ2v) is 5.10. The number of rotatable bonds is 3. The van der Waals surface area contributed by atoms with E-state index in [-0.39, 0.29) is 0 Å². The molecule has 0 amide bonds. The highest BCUT2D eigenvalue weighted by atomic mass is 16.5. The van der Waals surface area contributed by atoms with E-state index < -0.39 is 5.54 Å². The molecule has 2 N–H and O–H groups in total. The Morgan fingerprint density at radius 1 is 1.50 bits per heavy atom. The highest BCUT2D eigenvalue weighted by molar-refractivity contribution is 5.05. The highest BCUT2D eigenvalue weighted by Gasteiger charge is 2.20. The molecule has 90 valence electrons. The van der Waals surface area contributed by atoms with Crippen LogP contribution in [0.15, 0.2) is 6.20 Å². The maximum atomic E-state index is 5.97. The zero-order valence-corrected chi connectivity index (χ0v) is 10.0. The van der Waals surface area contributed by atoms with E-state index in [0.29, 0.717) is 5.92 Å². The van der Waals surface area contributed by atoms with Gasteiger partial charge in [-0.25, -0.2) is 0 Å². The van der Waals surface area contributed by atoms with Gasteiger partial charge in [0.1, 0.15) is 5.69 Å². The van der Waals surface area contributed by atoms with Crippen molar-refractivity contribution in [2.24, 2.45) is 11.7 Å². The normalized spacial score (nSPS) is 18.9. The highest BCUT2D eigenvalue weighted by Crippen LogP contribution is 2.18. The van der Waals surface area contributed by atoms with Crippen molar-refractivity contribution in [2.45, 2.75) is 38.8 Å². The third-order valence-corrected chi connectivity index (χ3v) is 2.98. The standard InChI is InChI=1S/C11H20N4O/c1-11(2,12)10-8-15(14-13-10)7-9-3-5-16-6-4-9/h8-9H,3-7,12H2,1-2H3. The lowest BCUT2D eigenvalue weighted by Crippen LogP contribution is -2.29. The molecule has 0 radical (unpaired) electrons. The average molecular weight is 224 g/mol. The summed E-state index contributed by atoms with van der Waals surface area (Å²) < 4.78 is 7.23. The third kappa shape index (κ3) is 2.80. The second kappa shape index (κ2) is 4.51. The van der Waals surface area contributed by atoms with Crippen molar-refractivity contribution >= 4 is 0 Å². The molecule has 0 bridgehead atoms. The Hall–Kier alpha value is -0.940. The van der Waals surface area contributed by atoms with Crippen molar-refractivity contribution in [1.29, 1.82) is 0 Å². The lowest BCUT2D eigenvalue weighted by molar-refractivity contribution is 0.0599. The molecule has 5 heteroatoms. The lowest BCUT2D eigenvalue weighted by atomic mass is 10.0. The number of ether oxygens (including phenoxy) is 1. The minimum absolute atomic E-state index is 0.409. The zero-order valence-electron chi connectivity index (χ0n) is 10.0. The van der Waals surface area contributed by atoms with Crippen LogP contribution in [0, 0.1) is 5.92 Å². The molecule has 0 saturated carbocycles. The van der Waals surface area contributed by atoms with Gasteiger partial charge in [-0.05, 0) is 32.6 Å². The summed E-state index contributed by atoms with van der Waals surface area (Å²) in [5.41, 5.74) is 6.41. The van der Waals surface area contributed by atoms with E-state index in [9.17, 15) is 0 Å². The minimum atomic E-state index is -0.409. The summed E-state index contributed by atoms with van der Waals surface area (Å²) >= 11 is 0. The summed E-state index contributed by atoms with van der Waals surface area (Å²) in [5, 5.41) is 8.23. The quantitative estimate of drug-likeness (QED) is 0.828. The van der Waals surface area contributed by atoms with Crippen LogP contribution in [-0.2, 0) is 16.8 Å². The van der Waals surface area contributed by atoms with Gasteiger partial charge in [0.2, 0.25) is 0 Å². The van der Waals surface area contributed by atoms with Crippen LogP contribution in [0.4, 0.5) is 0 Å². The lowest BCUT2D eigenvalue weighted by Gasteiger charge is -2.21. The smallest absolute Gasteiger partial charge is 0.102 e. The molecule has 16 heavy (non-hydrogen) atoms. The SMILES string of the molecule is CC(C)(N)c1cn(CC2CCOCC2)nn1. The van der Waals surface area contributed by atoms with Crippen molar-refractivity contribution < 1.29 is 4.74 Å². The van der Waals surface area contributed by atoms with Crippen molar-refractivity contribution in [3.63, 3.8) is 0 Å². The van der Waals surface area contributed by atoms with Crippen LogP contribution >= 0.6 is 0 Å². The van der Waals surface area contributed by atoms with Crippen LogP contribution in [0.1, 0.15) is 32.4 Å². The maximum Gasteiger partial charge on any atom is 0.102 e. The molecule has 1 aliphatic heterocycles. The zero-order chi connectivity index (χ0) is 11.6. The van der Waals surface area contributed by atoms with Crippen molar-refractivity contribution in [2.75, 3.05) is 13.2 Å². The number of hydrogen-bond donors (Lipinski definition) is 1. The summed E-state index contributed by atoms with van der Waals surface area (Å²) in [6.45, 7) is 6.54. The summed E-state index contributed by atoms with van der Waals surface area (Å²) in [6, 6.07) is 0. The van der Waals surface area contributed by atoms with E-state index in [1.807, 2.05) is 24.7 Å². The molecule has 1 fully saturated rings. The second-order valence-electron chi connectivity index (χ2n) is 5.10. The van der Waals surface area contributed by atoms with Gasteiger partial charge in [-0.15, -0.1) is 5.10 Å². The molecule has 1 saturated heterocycles. The van der Waals surface area contributed by atoms with E-state index in [1.165, 1.54) is 0 Å². The van der Waals surface area contributed by atoms with Gasteiger partial charge >= 0.3 is 0 Å². The number of nitrogens with zero attached hydrogens (tertiary/aromatic N) is 3. The predicted octanol–water partition coefficient (Wildman–Crippen LogP) is 0.898. The van der Waals surface area contributed by atoms with Gasteiger partial charge in [0.05, 0.1) is 11.7 Å². The molecule has 5 nitrogen and oxygen atoms in total. The first-order chi connectivity index (χ1) is 7.55. The number of hydrogen-bond acceptors (Lipinski definition) is 4. The molecule has 0 atom stereocenters. The van der Waals surface area contributed by atoms with E-state index >= 15 is 0 Å². The number of aromatic nitrogens is 3. The van der Waals surface area contributed by atoms with Gasteiger partial charge in [0.15, 0.2) is 0 Å². The minimum Gasteiger partial charge on any atom is -0.381 e. The molecule has 1 aromatic rings.